The first kappa shape index (κ1) is 11.6. The molecule has 0 aliphatic carbocycles. The lowest BCUT2D eigenvalue weighted by molar-refractivity contribution is 0.446. The van der Waals surface area contributed by atoms with Gasteiger partial charge in [0, 0.05) is 5.69 Å². The molecule has 0 spiro atoms. The number of nitrogen functional groups attached to an aromatic ring is 1. The summed E-state index contributed by atoms with van der Waals surface area (Å²) >= 11 is 0. The largest absolute Gasteiger partial charge is 0.425 e. The highest BCUT2D eigenvalue weighted by Gasteiger charge is 2.07. The zero-order valence-electron chi connectivity index (χ0n) is 10.9. The summed E-state index contributed by atoms with van der Waals surface area (Å²) in [5.41, 5.74) is 10.5. The number of H-pyrrole nitrogens is 1. The smallest absolute Gasteiger partial charge is 0.300 e. The number of benzene rings is 2. The third-order valence-corrected chi connectivity index (χ3v) is 3.02. The summed E-state index contributed by atoms with van der Waals surface area (Å²) in [7, 11) is 0. The van der Waals surface area contributed by atoms with Gasteiger partial charge in [-0.3, -0.25) is 0 Å². The van der Waals surface area contributed by atoms with Gasteiger partial charge in [0.1, 0.15) is 5.75 Å². The van der Waals surface area contributed by atoms with Crippen LogP contribution in [0.4, 0.5) is 5.69 Å². The van der Waals surface area contributed by atoms with Gasteiger partial charge >= 0.3 is 0 Å². The first-order valence-electron chi connectivity index (χ1n) is 6.12. The van der Waals surface area contributed by atoms with Gasteiger partial charge in [0.25, 0.3) is 6.01 Å². The highest BCUT2D eigenvalue weighted by atomic mass is 16.5. The third kappa shape index (κ3) is 2.25. The molecule has 1 heterocycles. The standard InChI is InChI=1S/C15H15N3O/c1-9-3-6-14(10(2)7-9)19-15-17-12-5-4-11(16)8-13(12)18-15/h3-8H,16H2,1-2H3,(H,17,18). The lowest BCUT2D eigenvalue weighted by atomic mass is 10.1. The van der Waals surface area contributed by atoms with Crippen LogP contribution in [0.3, 0.4) is 0 Å². The molecule has 4 nitrogen and oxygen atoms in total. The molecule has 96 valence electrons. The summed E-state index contributed by atoms with van der Waals surface area (Å²) < 4.78 is 5.78. The van der Waals surface area contributed by atoms with Crippen molar-refractivity contribution in [2.24, 2.45) is 0 Å². The van der Waals surface area contributed by atoms with Crippen LogP contribution in [0, 0.1) is 13.8 Å². The SMILES string of the molecule is Cc1ccc(Oc2nc3ccc(N)cc3[nH]2)c(C)c1. The molecule has 3 rings (SSSR count). The minimum atomic E-state index is 0.479. The third-order valence-electron chi connectivity index (χ3n) is 3.02. The van der Waals surface area contributed by atoms with E-state index >= 15 is 0 Å². The molecular weight excluding hydrogens is 238 g/mol. The number of hydrogen-bond donors (Lipinski definition) is 2. The maximum absolute atomic E-state index is 5.78. The first-order chi connectivity index (χ1) is 9.11. The molecule has 4 heteroatoms. The van der Waals surface area contributed by atoms with Crippen molar-refractivity contribution in [1.82, 2.24) is 9.97 Å². The van der Waals surface area contributed by atoms with Crippen molar-refractivity contribution in [3.63, 3.8) is 0 Å². The lowest BCUT2D eigenvalue weighted by Gasteiger charge is -2.06. The van der Waals surface area contributed by atoms with E-state index in [-0.39, 0.29) is 0 Å². The number of aromatic amines is 1. The summed E-state index contributed by atoms with van der Waals surface area (Å²) in [6, 6.07) is 12.1. The average Bonchev–Trinajstić information content (AvgIpc) is 2.74. The second-order valence-corrected chi connectivity index (χ2v) is 4.69. The van der Waals surface area contributed by atoms with Crippen molar-refractivity contribution in [3.05, 3.63) is 47.5 Å². The van der Waals surface area contributed by atoms with Gasteiger partial charge in [0.15, 0.2) is 0 Å². The topological polar surface area (TPSA) is 63.9 Å². The van der Waals surface area contributed by atoms with Crippen molar-refractivity contribution in [2.45, 2.75) is 13.8 Å². The highest BCUT2D eigenvalue weighted by molar-refractivity contribution is 5.79. The molecular formula is C15H15N3O. The van der Waals surface area contributed by atoms with Crippen molar-refractivity contribution in [3.8, 4) is 11.8 Å². The van der Waals surface area contributed by atoms with Crippen LogP contribution in [0.1, 0.15) is 11.1 Å². The number of aryl methyl sites for hydroxylation is 2. The minimum absolute atomic E-state index is 0.479. The van der Waals surface area contributed by atoms with Gasteiger partial charge in [-0.1, -0.05) is 17.7 Å². The van der Waals surface area contributed by atoms with Crippen LogP contribution < -0.4 is 10.5 Å². The number of nitrogens with two attached hydrogens (primary N) is 1. The second-order valence-electron chi connectivity index (χ2n) is 4.69. The molecule has 0 unspecified atom stereocenters. The van der Waals surface area contributed by atoms with Crippen molar-refractivity contribution in [2.75, 3.05) is 5.73 Å². The average molecular weight is 253 g/mol. The zero-order valence-corrected chi connectivity index (χ0v) is 10.9. The fourth-order valence-electron chi connectivity index (χ4n) is 2.07. The predicted octanol–water partition coefficient (Wildman–Crippen LogP) is 3.55. The molecule has 0 fully saturated rings. The highest BCUT2D eigenvalue weighted by Crippen LogP contribution is 2.26. The van der Waals surface area contributed by atoms with E-state index in [4.69, 9.17) is 10.5 Å². The van der Waals surface area contributed by atoms with Crippen LogP contribution in [0.5, 0.6) is 11.8 Å². The van der Waals surface area contributed by atoms with Gasteiger partial charge < -0.3 is 15.5 Å². The maximum Gasteiger partial charge on any atom is 0.300 e. The molecule has 0 aliphatic rings. The van der Waals surface area contributed by atoms with E-state index in [1.807, 2.05) is 37.3 Å². The van der Waals surface area contributed by atoms with E-state index in [2.05, 4.69) is 23.0 Å². The Morgan fingerprint density at radius 3 is 2.74 bits per heavy atom. The molecule has 0 amide bonds. The van der Waals surface area contributed by atoms with Crippen LogP contribution in [0.2, 0.25) is 0 Å². The van der Waals surface area contributed by atoms with Gasteiger partial charge in [-0.25, -0.2) is 0 Å². The summed E-state index contributed by atoms with van der Waals surface area (Å²) in [5.74, 6) is 0.803. The monoisotopic (exact) mass is 253 g/mol. The number of fused-ring (bicyclic) bond motifs is 1. The molecule has 3 N–H and O–H groups in total. The molecule has 3 aromatic rings. The van der Waals surface area contributed by atoms with Crippen molar-refractivity contribution in [1.29, 1.82) is 0 Å². The van der Waals surface area contributed by atoms with Gasteiger partial charge in [-0.2, -0.15) is 4.98 Å². The Morgan fingerprint density at radius 1 is 1.11 bits per heavy atom. The second kappa shape index (κ2) is 4.31. The van der Waals surface area contributed by atoms with E-state index in [9.17, 15) is 0 Å². The van der Waals surface area contributed by atoms with Crippen LogP contribution >= 0.6 is 0 Å². The van der Waals surface area contributed by atoms with Gasteiger partial charge in [-0.15, -0.1) is 0 Å². The summed E-state index contributed by atoms with van der Waals surface area (Å²) in [4.78, 5) is 7.49. The van der Waals surface area contributed by atoms with E-state index in [1.165, 1.54) is 5.56 Å². The Morgan fingerprint density at radius 2 is 1.95 bits per heavy atom. The number of anilines is 1. The van der Waals surface area contributed by atoms with Crippen molar-refractivity contribution >= 4 is 16.7 Å². The number of ether oxygens (including phenoxy) is 1. The van der Waals surface area contributed by atoms with Gasteiger partial charge in [-0.05, 0) is 43.7 Å². The number of nitrogens with zero attached hydrogens (tertiary/aromatic N) is 1. The van der Waals surface area contributed by atoms with Gasteiger partial charge in [0.05, 0.1) is 11.0 Å². The Balaban J connectivity index is 1.96. The number of nitrogens with one attached hydrogen (secondary N) is 1. The number of rotatable bonds is 2. The van der Waals surface area contributed by atoms with Crippen LogP contribution in [0.25, 0.3) is 11.0 Å². The number of aromatic nitrogens is 2. The molecule has 0 saturated carbocycles. The fraction of sp³-hybridized carbons (Fsp3) is 0.133. The number of imidazole rings is 1. The summed E-state index contributed by atoms with van der Waals surface area (Å²) in [6.07, 6.45) is 0. The Labute approximate surface area is 111 Å². The minimum Gasteiger partial charge on any atom is -0.425 e. The Hall–Kier alpha value is -2.49. The molecule has 0 aliphatic heterocycles. The molecule has 1 aromatic heterocycles. The van der Waals surface area contributed by atoms with E-state index in [1.54, 1.807) is 0 Å². The van der Waals surface area contributed by atoms with Gasteiger partial charge in [0.2, 0.25) is 0 Å². The molecule has 0 bridgehead atoms. The van der Waals surface area contributed by atoms with Crippen molar-refractivity contribution < 1.29 is 4.74 Å². The molecule has 0 saturated heterocycles. The van der Waals surface area contributed by atoms with E-state index < -0.39 is 0 Å². The van der Waals surface area contributed by atoms with Crippen LogP contribution in [0.15, 0.2) is 36.4 Å². The normalized spacial score (nSPS) is 10.8. The Bertz CT molecular complexity index is 746. The molecule has 0 radical (unpaired) electrons. The quantitative estimate of drug-likeness (QED) is 0.686. The fourth-order valence-corrected chi connectivity index (χ4v) is 2.07. The van der Waals surface area contributed by atoms with Crippen LogP contribution in [-0.4, -0.2) is 9.97 Å². The van der Waals surface area contributed by atoms with E-state index in [0.29, 0.717) is 11.7 Å². The molecule has 2 aromatic carbocycles. The Kier molecular flexibility index (Phi) is 2.63. The van der Waals surface area contributed by atoms with Crippen LogP contribution in [-0.2, 0) is 0 Å². The predicted molar refractivity (Wildman–Crippen MR) is 76.5 cm³/mol. The summed E-state index contributed by atoms with van der Waals surface area (Å²) in [6.45, 7) is 4.07. The zero-order chi connectivity index (χ0) is 13.4. The maximum atomic E-state index is 5.78. The number of hydrogen-bond acceptors (Lipinski definition) is 3. The lowest BCUT2D eigenvalue weighted by Crippen LogP contribution is -1.89. The molecule has 19 heavy (non-hydrogen) atoms. The molecule has 0 atom stereocenters. The summed E-state index contributed by atoms with van der Waals surface area (Å²) in [5, 5.41) is 0. The van der Waals surface area contributed by atoms with E-state index in [0.717, 1.165) is 22.3 Å². The first-order valence-corrected chi connectivity index (χ1v) is 6.12.